The molecule has 0 atom stereocenters. The molecule has 0 aliphatic rings. The van der Waals surface area contributed by atoms with Crippen molar-refractivity contribution in [2.45, 2.75) is 0 Å². The van der Waals surface area contributed by atoms with Gasteiger partial charge >= 0.3 is 5.97 Å². The zero-order chi connectivity index (χ0) is 16.9. The average molecular weight is 386 g/mol. The third-order valence-electron chi connectivity index (χ3n) is 3.17. The Hall–Kier alpha value is -2.80. The lowest BCUT2D eigenvalue weighted by Gasteiger charge is -2.07. The fourth-order valence-electron chi connectivity index (χ4n) is 2.03. The van der Waals surface area contributed by atoms with E-state index in [0.29, 0.717) is 22.3 Å². The molecule has 120 valence electrons. The van der Waals surface area contributed by atoms with Crippen LogP contribution < -0.4 is 5.32 Å². The predicted molar refractivity (Wildman–Crippen MR) is 92.6 cm³/mol. The van der Waals surface area contributed by atoms with Gasteiger partial charge < -0.3 is 10.1 Å². The van der Waals surface area contributed by atoms with E-state index in [1.165, 1.54) is 0 Å². The molecule has 1 amide bonds. The quantitative estimate of drug-likeness (QED) is 0.697. The summed E-state index contributed by atoms with van der Waals surface area (Å²) in [4.78, 5) is 32.1. The maximum Gasteiger partial charge on any atom is 0.338 e. The van der Waals surface area contributed by atoms with E-state index >= 15 is 0 Å². The fraction of sp³-hybridized carbons (Fsp3) is 0.0588. The molecular formula is C17H12BrN3O3. The Labute approximate surface area is 146 Å². The standard InChI is InChI=1S/C17H12BrN3O3/c18-12-2-4-13(5-3-12)21-16(22)10-24-17(23)11-1-6-14-15(9-11)20-8-7-19-14/h1-9H,10H2,(H,21,22). The lowest BCUT2D eigenvalue weighted by molar-refractivity contribution is -0.119. The van der Waals surface area contributed by atoms with E-state index in [-0.39, 0.29) is 6.61 Å². The van der Waals surface area contributed by atoms with E-state index in [1.54, 1.807) is 54.9 Å². The number of aromatic nitrogens is 2. The van der Waals surface area contributed by atoms with Crippen LogP contribution in [0.5, 0.6) is 0 Å². The van der Waals surface area contributed by atoms with Crippen molar-refractivity contribution in [3.63, 3.8) is 0 Å². The van der Waals surface area contributed by atoms with Gasteiger partial charge in [-0.1, -0.05) is 15.9 Å². The first-order valence-corrected chi connectivity index (χ1v) is 7.84. The number of ether oxygens (including phenoxy) is 1. The fourth-order valence-corrected chi connectivity index (χ4v) is 2.30. The Kier molecular flexibility index (Phi) is 4.81. The number of carbonyl (C=O) groups is 2. The molecule has 7 heteroatoms. The van der Waals surface area contributed by atoms with Crippen LogP contribution in [0.3, 0.4) is 0 Å². The summed E-state index contributed by atoms with van der Waals surface area (Å²) in [5.74, 6) is -1.00. The van der Waals surface area contributed by atoms with Crippen LogP contribution in [-0.2, 0) is 9.53 Å². The van der Waals surface area contributed by atoms with Gasteiger partial charge in [0.15, 0.2) is 6.61 Å². The molecule has 3 rings (SSSR count). The van der Waals surface area contributed by atoms with Crippen molar-refractivity contribution < 1.29 is 14.3 Å². The topological polar surface area (TPSA) is 81.2 Å². The second-order valence-corrected chi connectivity index (χ2v) is 5.81. The van der Waals surface area contributed by atoms with Crippen LogP contribution in [0.4, 0.5) is 5.69 Å². The van der Waals surface area contributed by atoms with Crippen molar-refractivity contribution in [2.75, 3.05) is 11.9 Å². The summed E-state index contributed by atoms with van der Waals surface area (Å²) < 4.78 is 5.93. The smallest absolute Gasteiger partial charge is 0.338 e. The van der Waals surface area contributed by atoms with Gasteiger partial charge in [0.05, 0.1) is 16.6 Å². The zero-order valence-electron chi connectivity index (χ0n) is 12.4. The van der Waals surface area contributed by atoms with Crippen LogP contribution in [0, 0.1) is 0 Å². The van der Waals surface area contributed by atoms with Crippen LogP contribution in [0.1, 0.15) is 10.4 Å². The second-order valence-electron chi connectivity index (χ2n) is 4.89. The number of esters is 1. The number of halogens is 1. The van der Waals surface area contributed by atoms with Gasteiger partial charge in [-0.25, -0.2) is 4.79 Å². The third-order valence-corrected chi connectivity index (χ3v) is 3.70. The maximum atomic E-state index is 12.0. The van der Waals surface area contributed by atoms with Crippen LogP contribution in [0.25, 0.3) is 11.0 Å². The van der Waals surface area contributed by atoms with E-state index in [1.807, 2.05) is 0 Å². The number of amides is 1. The SMILES string of the molecule is O=C(COC(=O)c1ccc2nccnc2c1)Nc1ccc(Br)cc1. The minimum Gasteiger partial charge on any atom is -0.452 e. The number of benzene rings is 2. The van der Waals surface area contributed by atoms with Gasteiger partial charge in [0, 0.05) is 22.6 Å². The first-order chi connectivity index (χ1) is 11.6. The Bertz CT molecular complexity index is 897. The second kappa shape index (κ2) is 7.18. The minimum atomic E-state index is -0.589. The maximum absolute atomic E-state index is 12.0. The Morgan fingerprint density at radius 3 is 2.46 bits per heavy atom. The molecule has 0 aliphatic heterocycles. The van der Waals surface area contributed by atoms with Crippen molar-refractivity contribution in [3.05, 3.63) is 64.9 Å². The number of hydrogen-bond acceptors (Lipinski definition) is 5. The van der Waals surface area contributed by atoms with Gasteiger partial charge in [-0.05, 0) is 42.5 Å². The van der Waals surface area contributed by atoms with E-state index in [4.69, 9.17) is 4.74 Å². The summed E-state index contributed by atoms with van der Waals surface area (Å²) in [6, 6.07) is 11.9. The van der Waals surface area contributed by atoms with Crippen molar-refractivity contribution in [1.29, 1.82) is 0 Å². The van der Waals surface area contributed by atoms with E-state index < -0.39 is 11.9 Å². The van der Waals surface area contributed by atoms with Gasteiger partial charge in [-0.15, -0.1) is 0 Å². The van der Waals surface area contributed by atoms with Crippen LogP contribution >= 0.6 is 15.9 Å². The molecule has 0 fully saturated rings. The normalized spacial score (nSPS) is 10.4. The van der Waals surface area contributed by atoms with Crippen molar-refractivity contribution >= 4 is 44.5 Å². The molecule has 1 N–H and O–H groups in total. The average Bonchev–Trinajstić information content (AvgIpc) is 2.61. The van der Waals surface area contributed by atoms with Crippen molar-refractivity contribution in [2.24, 2.45) is 0 Å². The molecule has 1 heterocycles. The summed E-state index contributed by atoms with van der Waals surface area (Å²) in [5.41, 5.74) is 2.22. The summed E-state index contributed by atoms with van der Waals surface area (Å²) in [6.45, 7) is -0.368. The molecule has 0 radical (unpaired) electrons. The minimum absolute atomic E-state index is 0.319. The molecule has 0 unspecified atom stereocenters. The van der Waals surface area contributed by atoms with Gasteiger partial charge in [0.2, 0.25) is 0 Å². The van der Waals surface area contributed by atoms with Crippen LogP contribution in [0.15, 0.2) is 59.3 Å². The number of nitrogens with zero attached hydrogens (tertiary/aromatic N) is 2. The van der Waals surface area contributed by atoms with Gasteiger partial charge in [0.1, 0.15) is 0 Å². The number of rotatable bonds is 4. The Balaban J connectivity index is 1.59. The highest BCUT2D eigenvalue weighted by Gasteiger charge is 2.11. The van der Waals surface area contributed by atoms with E-state index in [0.717, 1.165) is 4.47 Å². The van der Waals surface area contributed by atoms with Gasteiger partial charge in [-0.2, -0.15) is 0 Å². The number of nitrogens with one attached hydrogen (secondary N) is 1. The third kappa shape index (κ3) is 3.94. The lowest BCUT2D eigenvalue weighted by atomic mass is 10.2. The van der Waals surface area contributed by atoms with Crippen LogP contribution in [0.2, 0.25) is 0 Å². The first-order valence-electron chi connectivity index (χ1n) is 7.05. The highest BCUT2D eigenvalue weighted by Crippen LogP contribution is 2.14. The highest BCUT2D eigenvalue weighted by atomic mass is 79.9. The summed E-state index contributed by atoms with van der Waals surface area (Å²) in [7, 11) is 0. The molecule has 0 spiro atoms. The highest BCUT2D eigenvalue weighted by molar-refractivity contribution is 9.10. The molecule has 0 aliphatic carbocycles. The molecule has 0 saturated heterocycles. The van der Waals surface area contributed by atoms with Crippen LogP contribution in [-0.4, -0.2) is 28.5 Å². The molecular weight excluding hydrogens is 374 g/mol. The Morgan fingerprint density at radius 2 is 1.71 bits per heavy atom. The molecule has 3 aromatic rings. The van der Waals surface area contributed by atoms with Crippen molar-refractivity contribution in [1.82, 2.24) is 9.97 Å². The first kappa shape index (κ1) is 16.1. The predicted octanol–water partition coefficient (Wildman–Crippen LogP) is 3.19. The van der Waals surface area contributed by atoms with Crippen molar-refractivity contribution in [3.8, 4) is 0 Å². The molecule has 0 bridgehead atoms. The Morgan fingerprint density at radius 1 is 1.00 bits per heavy atom. The summed E-state index contributed by atoms with van der Waals surface area (Å²) >= 11 is 3.31. The molecule has 6 nitrogen and oxygen atoms in total. The number of carbonyl (C=O) groups excluding carboxylic acids is 2. The van der Waals surface area contributed by atoms with Gasteiger partial charge in [-0.3, -0.25) is 14.8 Å². The lowest BCUT2D eigenvalue weighted by Crippen LogP contribution is -2.20. The monoisotopic (exact) mass is 385 g/mol. The summed E-state index contributed by atoms with van der Waals surface area (Å²) in [5, 5.41) is 2.65. The molecule has 2 aromatic carbocycles. The number of anilines is 1. The van der Waals surface area contributed by atoms with E-state index in [9.17, 15) is 9.59 Å². The number of hydrogen-bond donors (Lipinski definition) is 1. The van der Waals surface area contributed by atoms with E-state index in [2.05, 4.69) is 31.2 Å². The zero-order valence-corrected chi connectivity index (χ0v) is 14.0. The summed E-state index contributed by atoms with van der Waals surface area (Å²) in [6.07, 6.45) is 3.12. The molecule has 24 heavy (non-hydrogen) atoms. The number of fused-ring (bicyclic) bond motifs is 1. The molecule has 0 saturated carbocycles. The molecule has 1 aromatic heterocycles. The largest absolute Gasteiger partial charge is 0.452 e. The van der Waals surface area contributed by atoms with Gasteiger partial charge in [0.25, 0.3) is 5.91 Å².